The van der Waals surface area contributed by atoms with E-state index >= 15 is 0 Å². The smallest absolute Gasteiger partial charge is 0.0562 e. The number of aryl methyl sites for hydroxylation is 3. The van der Waals surface area contributed by atoms with Gasteiger partial charge < -0.3 is 0 Å². The first-order chi connectivity index (χ1) is 5.52. The van der Waals surface area contributed by atoms with Crippen LogP contribution in [-0.4, -0.2) is 0 Å². The number of hydrogen-bond acceptors (Lipinski definition) is 0. The van der Waals surface area contributed by atoms with Crippen LogP contribution in [0.1, 0.15) is 34.6 Å². The zero-order valence-corrected chi connectivity index (χ0v) is 8.87. The van der Waals surface area contributed by atoms with E-state index in [0.29, 0.717) is 0 Å². The Morgan fingerprint density at radius 1 is 1.08 bits per heavy atom. The van der Waals surface area contributed by atoms with Crippen molar-refractivity contribution in [3.05, 3.63) is 34.4 Å². The van der Waals surface area contributed by atoms with E-state index in [0.717, 1.165) is 0 Å². The molecule has 0 aliphatic heterocycles. The SMILES string of the molecule is Cc1cc(C)c(C(C)Cl)c(C)c1. The van der Waals surface area contributed by atoms with Crippen molar-refractivity contribution in [3.8, 4) is 0 Å². The number of rotatable bonds is 1. The van der Waals surface area contributed by atoms with Gasteiger partial charge in [0.1, 0.15) is 0 Å². The van der Waals surface area contributed by atoms with Crippen LogP contribution in [0.15, 0.2) is 12.1 Å². The molecule has 0 radical (unpaired) electrons. The van der Waals surface area contributed by atoms with Crippen molar-refractivity contribution in [2.75, 3.05) is 0 Å². The van der Waals surface area contributed by atoms with E-state index < -0.39 is 0 Å². The molecular weight excluding hydrogens is 168 g/mol. The molecule has 0 fully saturated rings. The third-order valence-electron chi connectivity index (χ3n) is 2.14. The van der Waals surface area contributed by atoms with E-state index in [1.165, 1.54) is 22.3 Å². The van der Waals surface area contributed by atoms with Gasteiger partial charge in [-0.1, -0.05) is 17.7 Å². The van der Waals surface area contributed by atoms with Gasteiger partial charge in [-0.05, 0) is 44.4 Å². The molecule has 0 aromatic heterocycles. The Labute approximate surface area is 79.6 Å². The van der Waals surface area contributed by atoms with Gasteiger partial charge in [0, 0.05) is 0 Å². The lowest BCUT2D eigenvalue weighted by Crippen LogP contribution is -1.94. The molecule has 1 atom stereocenters. The Kier molecular flexibility index (Phi) is 2.79. The van der Waals surface area contributed by atoms with Crippen LogP contribution in [0.4, 0.5) is 0 Å². The van der Waals surface area contributed by atoms with Gasteiger partial charge in [-0.15, -0.1) is 11.6 Å². The summed E-state index contributed by atoms with van der Waals surface area (Å²) in [5.41, 5.74) is 5.19. The van der Waals surface area contributed by atoms with Crippen LogP contribution in [0.5, 0.6) is 0 Å². The normalized spacial score (nSPS) is 13.1. The molecule has 0 saturated carbocycles. The molecule has 0 nitrogen and oxygen atoms in total. The molecule has 0 spiro atoms. The molecule has 66 valence electrons. The van der Waals surface area contributed by atoms with E-state index in [9.17, 15) is 0 Å². The van der Waals surface area contributed by atoms with Crippen molar-refractivity contribution >= 4 is 11.6 Å². The van der Waals surface area contributed by atoms with Gasteiger partial charge in [-0.2, -0.15) is 0 Å². The molecule has 0 heterocycles. The van der Waals surface area contributed by atoms with E-state index in [1.54, 1.807) is 0 Å². The van der Waals surface area contributed by atoms with Gasteiger partial charge in [-0.25, -0.2) is 0 Å². The monoisotopic (exact) mass is 182 g/mol. The maximum atomic E-state index is 6.07. The fraction of sp³-hybridized carbons (Fsp3) is 0.455. The standard InChI is InChI=1S/C11H15Cl/c1-7-5-8(2)11(10(4)12)9(3)6-7/h5-6,10H,1-4H3. The van der Waals surface area contributed by atoms with Crippen molar-refractivity contribution in [3.63, 3.8) is 0 Å². The fourth-order valence-corrected chi connectivity index (χ4v) is 2.16. The summed E-state index contributed by atoms with van der Waals surface area (Å²) in [5.74, 6) is 0. The highest BCUT2D eigenvalue weighted by Crippen LogP contribution is 2.27. The molecule has 0 bridgehead atoms. The van der Waals surface area contributed by atoms with Crippen LogP contribution in [0.25, 0.3) is 0 Å². The third-order valence-corrected chi connectivity index (χ3v) is 2.35. The van der Waals surface area contributed by atoms with Crippen molar-refractivity contribution in [2.24, 2.45) is 0 Å². The summed E-state index contributed by atoms with van der Waals surface area (Å²) in [6.45, 7) is 8.37. The first-order valence-electron chi connectivity index (χ1n) is 4.24. The molecule has 0 amide bonds. The van der Waals surface area contributed by atoms with Gasteiger partial charge in [-0.3, -0.25) is 0 Å². The molecule has 1 aromatic carbocycles. The largest absolute Gasteiger partial charge is 0.118 e. The van der Waals surface area contributed by atoms with Gasteiger partial charge in [0.15, 0.2) is 0 Å². The van der Waals surface area contributed by atoms with Crippen LogP contribution in [0.3, 0.4) is 0 Å². The van der Waals surface area contributed by atoms with Gasteiger partial charge in [0.2, 0.25) is 0 Å². The molecule has 0 saturated heterocycles. The minimum Gasteiger partial charge on any atom is -0.118 e. The zero-order chi connectivity index (χ0) is 9.30. The second-order valence-corrected chi connectivity index (χ2v) is 4.08. The molecule has 0 aliphatic rings. The molecule has 0 aliphatic carbocycles. The number of alkyl halides is 1. The number of benzene rings is 1. The number of hydrogen-bond donors (Lipinski definition) is 0. The summed E-state index contributed by atoms with van der Waals surface area (Å²) in [6.07, 6.45) is 0. The highest BCUT2D eigenvalue weighted by Gasteiger charge is 2.08. The minimum atomic E-state index is 0.116. The summed E-state index contributed by atoms with van der Waals surface area (Å²) in [4.78, 5) is 0. The number of halogens is 1. The molecule has 1 heteroatoms. The Morgan fingerprint density at radius 2 is 1.50 bits per heavy atom. The van der Waals surface area contributed by atoms with Crippen LogP contribution >= 0.6 is 11.6 Å². The van der Waals surface area contributed by atoms with Crippen LogP contribution in [0, 0.1) is 20.8 Å². The second-order valence-electron chi connectivity index (χ2n) is 3.43. The van der Waals surface area contributed by atoms with Crippen LogP contribution < -0.4 is 0 Å². The second kappa shape index (κ2) is 3.49. The average molecular weight is 183 g/mol. The lowest BCUT2D eigenvalue weighted by atomic mass is 9.98. The van der Waals surface area contributed by atoms with Crippen molar-refractivity contribution in [1.82, 2.24) is 0 Å². The van der Waals surface area contributed by atoms with E-state index in [-0.39, 0.29) is 5.38 Å². The summed E-state index contributed by atoms with van der Waals surface area (Å²) >= 11 is 6.07. The van der Waals surface area contributed by atoms with Gasteiger partial charge in [0.25, 0.3) is 0 Å². The van der Waals surface area contributed by atoms with Gasteiger partial charge >= 0.3 is 0 Å². The molecule has 1 unspecified atom stereocenters. The predicted molar refractivity (Wildman–Crippen MR) is 54.9 cm³/mol. The predicted octanol–water partition coefficient (Wildman–Crippen LogP) is 3.91. The lowest BCUT2D eigenvalue weighted by molar-refractivity contribution is 1.03. The maximum Gasteiger partial charge on any atom is 0.0562 e. The molecule has 1 rings (SSSR count). The van der Waals surface area contributed by atoms with Gasteiger partial charge in [0.05, 0.1) is 5.38 Å². The molecule has 0 N–H and O–H groups in total. The first kappa shape index (κ1) is 9.60. The minimum absolute atomic E-state index is 0.116. The van der Waals surface area contributed by atoms with E-state index in [4.69, 9.17) is 11.6 Å². The first-order valence-corrected chi connectivity index (χ1v) is 4.68. The van der Waals surface area contributed by atoms with Crippen molar-refractivity contribution in [2.45, 2.75) is 33.1 Å². The summed E-state index contributed by atoms with van der Waals surface area (Å²) in [7, 11) is 0. The lowest BCUT2D eigenvalue weighted by Gasteiger charge is -2.12. The topological polar surface area (TPSA) is 0 Å². The van der Waals surface area contributed by atoms with Crippen molar-refractivity contribution < 1.29 is 0 Å². The molecular formula is C11H15Cl. The molecule has 12 heavy (non-hydrogen) atoms. The van der Waals surface area contributed by atoms with E-state index in [1.807, 2.05) is 6.92 Å². The molecule has 1 aromatic rings. The van der Waals surface area contributed by atoms with Crippen molar-refractivity contribution in [1.29, 1.82) is 0 Å². The van der Waals surface area contributed by atoms with Crippen LogP contribution in [0.2, 0.25) is 0 Å². The zero-order valence-electron chi connectivity index (χ0n) is 8.11. The average Bonchev–Trinajstić information content (AvgIpc) is 1.82. The maximum absolute atomic E-state index is 6.07. The Morgan fingerprint density at radius 3 is 1.83 bits per heavy atom. The summed E-state index contributed by atoms with van der Waals surface area (Å²) in [5, 5.41) is 0.116. The Bertz CT molecular complexity index is 264. The highest BCUT2D eigenvalue weighted by atomic mass is 35.5. The quantitative estimate of drug-likeness (QED) is 0.578. The summed E-state index contributed by atoms with van der Waals surface area (Å²) < 4.78 is 0. The summed E-state index contributed by atoms with van der Waals surface area (Å²) in [6, 6.07) is 4.36. The van der Waals surface area contributed by atoms with E-state index in [2.05, 4.69) is 32.9 Å². The Balaban J connectivity index is 3.28. The van der Waals surface area contributed by atoms with Crippen LogP contribution in [-0.2, 0) is 0 Å². The Hall–Kier alpha value is -0.490. The fourth-order valence-electron chi connectivity index (χ4n) is 1.82. The third kappa shape index (κ3) is 1.81. The highest BCUT2D eigenvalue weighted by molar-refractivity contribution is 6.20.